The molecule has 3 heterocycles. The average Bonchev–Trinajstić information content (AvgIpc) is 3.15. The van der Waals surface area contributed by atoms with E-state index in [0.717, 1.165) is 16.8 Å². The van der Waals surface area contributed by atoms with Gasteiger partial charge in [-0.1, -0.05) is 30.3 Å². The van der Waals surface area contributed by atoms with Gasteiger partial charge in [-0.05, 0) is 32.8 Å². The zero-order chi connectivity index (χ0) is 20.6. The smallest absolute Gasteiger partial charge is 0.259 e. The second-order valence-corrected chi connectivity index (χ2v) is 8.03. The van der Waals surface area contributed by atoms with Gasteiger partial charge in [-0.15, -0.1) is 0 Å². The maximum absolute atomic E-state index is 13.2. The molecule has 4 rings (SSSR count). The van der Waals surface area contributed by atoms with Gasteiger partial charge in [0, 0.05) is 18.3 Å². The summed E-state index contributed by atoms with van der Waals surface area (Å²) in [6.07, 6.45) is 5.36. The lowest BCUT2D eigenvalue weighted by Crippen LogP contribution is -2.32. The molecule has 0 unspecified atom stereocenters. The zero-order valence-electron chi connectivity index (χ0n) is 16.7. The van der Waals surface area contributed by atoms with Crippen LogP contribution in [0.3, 0.4) is 0 Å². The number of hydrogen-bond donors (Lipinski definition) is 2. The first-order chi connectivity index (χ1) is 13.9. The number of benzene rings is 1. The summed E-state index contributed by atoms with van der Waals surface area (Å²) in [7, 11) is 0. The number of aromatic nitrogens is 3. The van der Waals surface area contributed by atoms with E-state index in [9.17, 15) is 9.59 Å². The summed E-state index contributed by atoms with van der Waals surface area (Å²) in [5.41, 5.74) is 3.72. The van der Waals surface area contributed by atoms with E-state index in [0.29, 0.717) is 29.8 Å². The van der Waals surface area contributed by atoms with E-state index < -0.39 is 0 Å². The van der Waals surface area contributed by atoms with Crippen molar-refractivity contribution in [2.24, 2.45) is 0 Å². The maximum Gasteiger partial charge on any atom is 0.259 e. The van der Waals surface area contributed by atoms with Crippen molar-refractivity contribution in [3.63, 3.8) is 0 Å². The van der Waals surface area contributed by atoms with Crippen molar-refractivity contribution in [1.82, 2.24) is 20.1 Å². The molecule has 0 aliphatic carbocycles. The van der Waals surface area contributed by atoms with Crippen LogP contribution in [0.15, 0.2) is 48.9 Å². The minimum absolute atomic E-state index is 0.166. The SMILES string of the molecule is CC(C)(C)n1ncc(C(=O)Nc2cncc3c2CCNC3=O)c1-c1ccccc1. The quantitative estimate of drug-likeness (QED) is 0.720. The summed E-state index contributed by atoms with van der Waals surface area (Å²) in [4.78, 5) is 29.4. The molecule has 1 aliphatic heterocycles. The lowest BCUT2D eigenvalue weighted by atomic mass is 10.0. The van der Waals surface area contributed by atoms with Gasteiger partial charge < -0.3 is 10.6 Å². The number of nitrogens with one attached hydrogen (secondary N) is 2. The molecule has 0 fully saturated rings. The Labute approximate surface area is 169 Å². The van der Waals surface area contributed by atoms with Crippen LogP contribution in [0.1, 0.15) is 47.1 Å². The molecular weight excluding hydrogens is 366 g/mol. The van der Waals surface area contributed by atoms with Crippen LogP contribution in [-0.2, 0) is 12.0 Å². The topological polar surface area (TPSA) is 88.9 Å². The number of anilines is 1. The summed E-state index contributed by atoms with van der Waals surface area (Å²) in [5, 5.41) is 10.2. The Balaban J connectivity index is 1.75. The van der Waals surface area contributed by atoms with E-state index in [-0.39, 0.29) is 17.4 Å². The molecule has 29 heavy (non-hydrogen) atoms. The largest absolute Gasteiger partial charge is 0.352 e. The highest BCUT2D eigenvalue weighted by Gasteiger charge is 2.27. The summed E-state index contributed by atoms with van der Waals surface area (Å²) in [5.74, 6) is -0.444. The second kappa shape index (κ2) is 7.16. The summed E-state index contributed by atoms with van der Waals surface area (Å²) in [6, 6.07) is 9.74. The molecular formula is C22H23N5O2. The monoisotopic (exact) mass is 389 g/mol. The van der Waals surface area contributed by atoms with Gasteiger partial charge >= 0.3 is 0 Å². The van der Waals surface area contributed by atoms with Gasteiger partial charge in [0.1, 0.15) is 0 Å². The normalized spacial score (nSPS) is 13.6. The number of pyridine rings is 1. The number of amides is 2. The van der Waals surface area contributed by atoms with Gasteiger partial charge in [0.15, 0.2) is 0 Å². The van der Waals surface area contributed by atoms with E-state index in [2.05, 4.69) is 20.7 Å². The van der Waals surface area contributed by atoms with Crippen LogP contribution >= 0.6 is 0 Å². The third kappa shape index (κ3) is 3.51. The predicted octanol–water partition coefficient (Wildman–Crippen LogP) is 3.24. The van der Waals surface area contributed by atoms with Crippen LogP contribution in [0.2, 0.25) is 0 Å². The van der Waals surface area contributed by atoms with Gasteiger partial charge in [-0.2, -0.15) is 5.10 Å². The lowest BCUT2D eigenvalue weighted by Gasteiger charge is -2.23. The van der Waals surface area contributed by atoms with Crippen molar-refractivity contribution in [3.8, 4) is 11.3 Å². The summed E-state index contributed by atoms with van der Waals surface area (Å²) < 4.78 is 1.86. The molecule has 3 aromatic rings. The predicted molar refractivity (Wildman–Crippen MR) is 111 cm³/mol. The molecule has 2 amide bonds. The third-order valence-corrected chi connectivity index (χ3v) is 4.91. The van der Waals surface area contributed by atoms with Crippen molar-refractivity contribution in [2.75, 3.05) is 11.9 Å². The Kier molecular flexibility index (Phi) is 4.66. The Bertz CT molecular complexity index is 1080. The van der Waals surface area contributed by atoms with Crippen molar-refractivity contribution in [2.45, 2.75) is 32.7 Å². The molecule has 2 aromatic heterocycles. The first-order valence-corrected chi connectivity index (χ1v) is 9.56. The van der Waals surface area contributed by atoms with Crippen molar-refractivity contribution >= 4 is 17.5 Å². The average molecular weight is 389 g/mol. The number of fused-ring (bicyclic) bond motifs is 1. The van der Waals surface area contributed by atoms with E-state index in [1.165, 1.54) is 6.20 Å². The maximum atomic E-state index is 13.2. The standard InChI is InChI=1S/C22H23N5O2/c1-22(2,3)27-19(14-7-5-4-6-8-14)17(12-25-27)21(29)26-18-13-23-11-16-15(18)9-10-24-20(16)28/h4-8,11-13H,9-10H2,1-3H3,(H,24,28)(H,26,29). The highest BCUT2D eigenvalue weighted by molar-refractivity contribution is 6.09. The van der Waals surface area contributed by atoms with Gasteiger partial charge in [0.05, 0.1) is 40.4 Å². The molecule has 0 bridgehead atoms. The Hall–Kier alpha value is -3.48. The molecule has 0 saturated heterocycles. The van der Waals surface area contributed by atoms with Gasteiger partial charge in [0.2, 0.25) is 0 Å². The van der Waals surface area contributed by atoms with E-state index in [1.54, 1.807) is 12.4 Å². The summed E-state index contributed by atoms with van der Waals surface area (Å²) >= 11 is 0. The molecule has 148 valence electrons. The minimum Gasteiger partial charge on any atom is -0.352 e. The highest BCUT2D eigenvalue weighted by Crippen LogP contribution is 2.30. The first kappa shape index (κ1) is 18.9. The minimum atomic E-state index is -0.296. The number of hydrogen-bond acceptors (Lipinski definition) is 4. The van der Waals surface area contributed by atoms with Crippen LogP contribution in [-0.4, -0.2) is 33.1 Å². The fourth-order valence-corrected chi connectivity index (χ4v) is 3.54. The van der Waals surface area contributed by atoms with Gasteiger partial charge in [0.25, 0.3) is 11.8 Å². The highest BCUT2D eigenvalue weighted by atomic mass is 16.2. The molecule has 0 saturated carbocycles. The lowest BCUT2D eigenvalue weighted by molar-refractivity contribution is 0.0944. The molecule has 1 aliphatic rings. The van der Waals surface area contributed by atoms with E-state index in [1.807, 2.05) is 55.8 Å². The van der Waals surface area contributed by atoms with Crippen LogP contribution < -0.4 is 10.6 Å². The Morgan fingerprint density at radius 2 is 1.90 bits per heavy atom. The molecule has 0 spiro atoms. The molecule has 7 nitrogen and oxygen atoms in total. The number of rotatable bonds is 3. The van der Waals surface area contributed by atoms with Crippen molar-refractivity contribution in [3.05, 3.63) is 65.6 Å². The first-order valence-electron chi connectivity index (χ1n) is 9.56. The number of carbonyl (C=O) groups is 2. The van der Waals surface area contributed by atoms with E-state index >= 15 is 0 Å². The van der Waals surface area contributed by atoms with Gasteiger partial charge in [-0.3, -0.25) is 19.3 Å². The van der Waals surface area contributed by atoms with Crippen LogP contribution in [0.5, 0.6) is 0 Å². The molecule has 1 aromatic carbocycles. The van der Waals surface area contributed by atoms with Crippen molar-refractivity contribution in [1.29, 1.82) is 0 Å². The molecule has 7 heteroatoms. The second-order valence-electron chi connectivity index (χ2n) is 8.03. The van der Waals surface area contributed by atoms with Crippen LogP contribution in [0.25, 0.3) is 11.3 Å². The molecule has 0 atom stereocenters. The Morgan fingerprint density at radius 3 is 2.62 bits per heavy atom. The molecule has 2 N–H and O–H groups in total. The van der Waals surface area contributed by atoms with E-state index in [4.69, 9.17) is 0 Å². The van der Waals surface area contributed by atoms with Crippen LogP contribution in [0, 0.1) is 0 Å². The van der Waals surface area contributed by atoms with Gasteiger partial charge in [-0.25, -0.2) is 0 Å². The molecule has 0 radical (unpaired) electrons. The number of carbonyl (C=O) groups excluding carboxylic acids is 2. The third-order valence-electron chi connectivity index (χ3n) is 4.91. The van der Waals surface area contributed by atoms with Crippen LogP contribution in [0.4, 0.5) is 5.69 Å². The fraction of sp³-hybridized carbons (Fsp3) is 0.273. The summed E-state index contributed by atoms with van der Waals surface area (Å²) in [6.45, 7) is 6.68. The zero-order valence-corrected chi connectivity index (χ0v) is 16.7. The Morgan fingerprint density at radius 1 is 1.14 bits per heavy atom. The number of nitrogens with zero attached hydrogens (tertiary/aromatic N) is 3. The van der Waals surface area contributed by atoms with Crippen molar-refractivity contribution < 1.29 is 9.59 Å². The fourth-order valence-electron chi connectivity index (χ4n) is 3.54.